The van der Waals surface area contributed by atoms with Crippen LogP contribution in [-0.4, -0.2) is 48.7 Å². The number of methoxy groups -OCH3 is 1. The zero-order chi connectivity index (χ0) is 18.8. The van der Waals surface area contributed by atoms with Crippen LogP contribution >= 0.6 is 15.9 Å². The van der Waals surface area contributed by atoms with Gasteiger partial charge in [-0.15, -0.1) is 0 Å². The molecule has 4 rings (SSSR count). The van der Waals surface area contributed by atoms with Crippen molar-refractivity contribution < 1.29 is 9.53 Å². The molecule has 1 aliphatic rings. The molecule has 0 saturated carbocycles. The summed E-state index contributed by atoms with van der Waals surface area (Å²) in [5, 5.41) is 1.14. The predicted octanol–water partition coefficient (Wildman–Crippen LogP) is 3.76. The van der Waals surface area contributed by atoms with Crippen LogP contribution in [0, 0.1) is 0 Å². The van der Waals surface area contributed by atoms with Crippen LogP contribution in [0.1, 0.15) is 0 Å². The zero-order valence-electron chi connectivity index (χ0n) is 15.3. The third-order valence-corrected chi connectivity index (χ3v) is 5.59. The van der Waals surface area contributed by atoms with Gasteiger partial charge in [0.25, 0.3) is 0 Å². The van der Waals surface area contributed by atoms with Gasteiger partial charge in [-0.05, 0) is 36.4 Å². The highest BCUT2D eigenvalue weighted by Gasteiger charge is 2.23. The van der Waals surface area contributed by atoms with Crippen molar-refractivity contribution in [1.29, 1.82) is 0 Å². The minimum Gasteiger partial charge on any atom is -0.495 e. The molecule has 0 N–H and O–H groups in total. The first kappa shape index (κ1) is 17.9. The van der Waals surface area contributed by atoms with Crippen LogP contribution in [0.2, 0.25) is 0 Å². The van der Waals surface area contributed by atoms with E-state index in [-0.39, 0.29) is 5.91 Å². The summed E-state index contributed by atoms with van der Waals surface area (Å²) in [6, 6.07) is 16.2. The molecule has 1 fully saturated rings. The molecule has 1 amide bonds. The van der Waals surface area contributed by atoms with Gasteiger partial charge in [0.05, 0.1) is 12.8 Å². The molecule has 0 radical (unpaired) electrons. The minimum absolute atomic E-state index is 0.162. The van der Waals surface area contributed by atoms with Gasteiger partial charge in [-0.25, -0.2) is 0 Å². The number of amides is 1. The lowest BCUT2D eigenvalue weighted by Gasteiger charge is -2.36. The van der Waals surface area contributed by atoms with Gasteiger partial charge in [-0.1, -0.05) is 28.1 Å². The van der Waals surface area contributed by atoms with Gasteiger partial charge in [0.2, 0.25) is 5.91 Å². The van der Waals surface area contributed by atoms with E-state index < -0.39 is 0 Å². The Morgan fingerprint density at radius 2 is 1.85 bits per heavy atom. The number of piperazine rings is 1. The van der Waals surface area contributed by atoms with E-state index in [9.17, 15) is 4.79 Å². The largest absolute Gasteiger partial charge is 0.495 e. The molecule has 140 valence electrons. The highest BCUT2D eigenvalue weighted by molar-refractivity contribution is 9.10. The second kappa shape index (κ2) is 7.64. The molecule has 0 bridgehead atoms. The monoisotopic (exact) mass is 427 g/mol. The molecule has 0 spiro atoms. The van der Waals surface area contributed by atoms with Crippen LogP contribution in [0.15, 0.2) is 59.2 Å². The van der Waals surface area contributed by atoms with Crippen LogP contribution in [0.4, 0.5) is 5.69 Å². The summed E-state index contributed by atoms with van der Waals surface area (Å²) in [6.07, 6.45) is 1.99. The number of benzene rings is 2. The van der Waals surface area contributed by atoms with Gasteiger partial charge in [0.15, 0.2) is 0 Å². The van der Waals surface area contributed by atoms with Gasteiger partial charge in [-0.2, -0.15) is 0 Å². The van der Waals surface area contributed by atoms with Crippen molar-refractivity contribution in [1.82, 2.24) is 9.47 Å². The maximum Gasteiger partial charge on any atom is 0.242 e. The van der Waals surface area contributed by atoms with Crippen molar-refractivity contribution in [2.24, 2.45) is 0 Å². The van der Waals surface area contributed by atoms with Gasteiger partial charge in [0.1, 0.15) is 12.3 Å². The lowest BCUT2D eigenvalue weighted by molar-refractivity contribution is -0.132. The van der Waals surface area contributed by atoms with E-state index in [0.717, 1.165) is 53.0 Å². The van der Waals surface area contributed by atoms with E-state index in [0.29, 0.717) is 6.54 Å². The fourth-order valence-electron chi connectivity index (χ4n) is 3.64. The molecular weight excluding hydrogens is 406 g/mol. The fourth-order valence-corrected chi connectivity index (χ4v) is 4.02. The van der Waals surface area contributed by atoms with Gasteiger partial charge in [0, 0.05) is 47.8 Å². The molecule has 1 saturated heterocycles. The maximum atomic E-state index is 12.8. The van der Waals surface area contributed by atoms with Crippen molar-refractivity contribution in [3.63, 3.8) is 0 Å². The smallest absolute Gasteiger partial charge is 0.242 e. The molecule has 0 atom stereocenters. The number of aromatic nitrogens is 1. The number of fused-ring (bicyclic) bond motifs is 1. The second-order valence-electron chi connectivity index (χ2n) is 6.69. The number of halogens is 1. The molecule has 0 unspecified atom stereocenters. The van der Waals surface area contributed by atoms with Crippen molar-refractivity contribution in [3.05, 3.63) is 59.2 Å². The SMILES string of the molecule is COc1ccccc1N1CCN(C(=O)Cn2ccc3cc(Br)ccc32)CC1. The summed E-state index contributed by atoms with van der Waals surface area (Å²) >= 11 is 3.49. The number of hydrogen-bond acceptors (Lipinski definition) is 3. The summed E-state index contributed by atoms with van der Waals surface area (Å²) < 4.78 is 8.54. The Balaban J connectivity index is 1.41. The van der Waals surface area contributed by atoms with Crippen LogP contribution in [-0.2, 0) is 11.3 Å². The highest BCUT2D eigenvalue weighted by atomic mass is 79.9. The van der Waals surface area contributed by atoms with E-state index >= 15 is 0 Å². The predicted molar refractivity (Wildman–Crippen MR) is 111 cm³/mol. The maximum absolute atomic E-state index is 12.8. The molecular formula is C21H22BrN3O2. The molecule has 1 aromatic heterocycles. The Morgan fingerprint density at radius 3 is 2.63 bits per heavy atom. The zero-order valence-corrected chi connectivity index (χ0v) is 16.9. The number of anilines is 1. The summed E-state index contributed by atoms with van der Waals surface area (Å²) in [5.41, 5.74) is 2.17. The standard InChI is InChI=1S/C21H22BrN3O2/c1-27-20-5-3-2-4-19(20)23-10-12-24(13-11-23)21(26)15-25-9-8-16-14-17(22)6-7-18(16)25/h2-9,14H,10-13,15H2,1H3. The van der Waals surface area contributed by atoms with Crippen LogP contribution in [0.3, 0.4) is 0 Å². The molecule has 1 aliphatic heterocycles. The summed E-state index contributed by atoms with van der Waals surface area (Å²) in [7, 11) is 1.69. The van der Waals surface area contributed by atoms with Crippen molar-refractivity contribution in [2.75, 3.05) is 38.2 Å². The third kappa shape index (κ3) is 3.67. The van der Waals surface area contributed by atoms with Crippen molar-refractivity contribution in [3.8, 4) is 5.75 Å². The molecule has 2 heterocycles. The fraction of sp³-hybridized carbons (Fsp3) is 0.286. The van der Waals surface area contributed by atoms with Crippen molar-refractivity contribution in [2.45, 2.75) is 6.54 Å². The van der Waals surface area contributed by atoms with Gasteiger partial charge in [-0.3, -0.25) is 4.79 Å². The van der Waals surface area contributed by atoms with Crippen molar-refractivity contribution >= 4 is 38.4 Å². The third-order valence-electron chi connectivity index (χ3n) is 5.10. The lowest BCUT2D eigenvalue weighted by atomic mass is 10.2. The Morgan fingerprint density at radius 1 is 1.07 bits per heavy atom. The first-order chi connectivity index (χ1) is 13.2. The average molecular weight is 428 g/mol. The molecule has 3 aromatic rings. The van der Waals surface area contributed by atoms with Crippen LogP contribution in [0.25, 0.3) is 10.9 Å². The van der Waals surface area contributed by atoms with E-state index in [2.05, 4.69) is 33.0 Å². The van der Waals surface area contributed by atoms with Crippen LogP contribution < -0.4 is 9.64 Å². The van der Waals surface area contributed by atoms with E-state index in [1.807, 2.05) is 52.1 Å². The van der Waals surface area contributed by atoms with E-state index in [1.54, 1.807) is 7.11 Å². The topological polar surface area (TPSA) is 37.7 Å². The number of ether oxygens (including phenoxy) is 1. The Hall–Kier alpha value is -2.47. The summed E-state index contributed by atoms with van der Waals surface area (Å²) in [6.45, 7) is 3.44. The number of nitrogens with zero attached hydrogens (tertiary/aromatic N) is 3. The molecule has 5 nitrogen and oxygen atoms in total. The number of carbonyl (C=O) groups is 1. The number of para-hydroxylation sites is 2. The molecule has 0 aliphatic carbocycles. The summed E-state index contributed by atoms with van der Waals surface area (Å²) in [5.74, 6) is 1.04. The lowest BCUT2D eigenvalue weighted by Crippen LogP contribution is -2.49. The molecule has 2 aromatic carbocycles. The highest BCUT2D eigenvalue weighted by Crippen LogP contribution is 2.28. The number of rotatable bonds is 4. The molecule has 6 heteroatoms. The quantitative estimate of drug-likeness (QED) is 0.635. The minimum atomic E-state index is 0.162. The average Bonchev–Trinajstić information content (AvgIpc) is 3.09. The Bertz CT molecular complexity index is 961. The Labute approximate surface area is 167 Å². The van der Waals surface area contributed by atoms with Crippen LogP contribution in [0.5, 0.6) is 5.75 Å². The first-order valence-electron chi connectivity index (χ1n) is 9.06. The van der Waals surface area contributed by atoms with Gasteiger partial charge < -0.3 is 19.1 Å². The van der Waals surface area contributed by atoms with E-state index in [1.165, 1.54) is 0 Å². The number of hydrogen-bond donors (Lipinski definition) is 0. The Kier molecular flexibility index (Phi) is 5.07. The van der Waals surface area contributed by atoms with Gasteiger partial charge >= 0.3 is 0 Å². The van der Waals surface area contributed by atoms with E-state index in [4.69, 9.17) is 4.74 Å². The first-order valence-corrected chi connectivity index (χ1v) is 9.85. The number of carbonyl (C=O) groups excluding carboxylic acids is 1. The summed E-state index contributed by atoms with van der Waals surface area (Å²) in [4.78, 5) is 17.0. The molecule has 27 heavy (non-hydrogen) atoms. The second-order valence-corrected chi connectivity index (χ2v) is 7.60. The normalized spacial score (nSPS) is 14.6.